The van der Waals surface area contributed by atoms with E-state index < -0.39 is 15.9 Å². The fourth-order valence-electron chi connectivity index (χ4n) is 2.31. The van der Waals surface area contributed by atoms with Crippen LogP contribution in [0.2, 0.25) is 0 Å². The van der Waals surface area contributed by atoms with Crippen LogP contribution in [0.5, 0.6) is 0 Å². The minimum absolute atomic E-state index is 0.118. The molecule has 0 aromatic heterocycles. The van der Waals surface area contributed by atoms with Gasteiger partial charge in [0.1, 0.15) is 6.54 Å². The van der Waals surface area contributed by atoms with Gasteiger partial charge in [0, 0.05) is 16.1 Å². The fourth-order valence-corrected chi connectivity index (χ4v) is 3.61. The van der Waals surface area contributed by atoms with Gasteiger partial charge in [-0.2, -0.15) is 0 Å². The van der Waals surface area contributed by atoms with Crippen LogP contribution in [0.15, 0.2) is 53.4 Å². The van der Waals surface area contributed by atoms with Crippen molar-refractivity contribution >= 4 is 44.9 Å². The van der Waals surface area contributed by atoms with E-state index in [9.17, 15) is 18.0 Å². The van der Waals surface area contributed by atoms with Crippen LogP contribution in [0.3, 0.4) is 0 Å². The van der Waals surface area contributed by atoms with Gasteiger partial charge >= 0.3 is 0 Å². The third-order valence-corrected chi connectivity index (χ3v) is 5.45. The molecule has 0 aliphatic rings. The minimum Gasteiger partial charge on any atom is -0.324 e. The van der Waals surface area contributed by atoms with Crippen LogP contribution in [-0.4, -0.2) is 39.2 Å². The zero-order valence-corrected chi connectivity index (χ0v) is 16.4. The summed E-state index contributed by atoms with van der Waals surface area (Å²) >= 11 is 1.48. The first-order chi connectivity index (χ1) is 12.2. The zero-order valence-electron chi connectivity index (χ0n) is 14.7. The molecule has 0 bridgehead atoms. The molecule has 26 heavy (non-hydrogen) atoms. The summed E-state index contributed by atoms with van der Waals surface area (Å²) in [4.78, 5) is 24.7. The van der Waals surface area contributed by atoms with Gasteiger partial charge in [-0.3, -0.25) is 13.9 Å². The molecule has 0 radical (unpaired) electrons. The van der Waals surface area contributed by atoms with Crippen molar-refractivity contribution in [2.24, 2.45) is 0 Å². The largest absolute Gasteiger partial charge is 0.324 e. The Hall–Kier alpha value is -2.32. The van der Waals surface area contributed by atoms with Gasteiger partial charge in [0.2, 0.25) is 15.9 Å². The summed E-state index contributed by atoms with van der Waals surface area (Å²) in [5, 5.41) is 2.64. The van der Waals surface area contributed by atoms with Crippen molar-refractivity contribution in [3.05, 3.63) is 54.1 Å². The predicted molar refractivity (Wildman–Crippen MR) is 105 cm³/mol. The Morgan fingerprint density at radius 2 is 1.81 bits per heavy atom. The summed E-state index contributed by atoms with van der Waals surface area (Å²) in [7, 11) is -3.64. The van der Waals surface area contributed by atoms with Gasteiger partial charge in [-0.05, 0) is 43.5 Å². The Kier molecular flexibility index (Phi) is 6.44. The molecule has 6 nitrogen and oxygen atoms in total. The number of nitrogens with one attached hydrogen (secondary N) is 1. The molecule has 0 unspecified atom stereocenters. The summed E-state index contributed by atoms with van der Waals surface area (Å²) in [6.45, 7) is 1.08. The molecule has 0 saturated heterocycles. The van der Waals surface area contributed by atoms with E-state index in [0.29, 0.717) is 16.9 Å². The monoisotopic (exact) mass is 392 g/mol. The van der Waals surface area contributed by atoms with Crippen molar-refractivity contribution in [1.82, 2.24) is 0 Å². The highest BCUT2D eigenvalue weighted by Crippen LogP contribution is 2.24. The van der Waals surface area contributed by atoms with E-state index in [1.165, 1.54) is 18.7 Å². The number of sulfonamides is 1. The summed E-state index contributed by atoms with van der Waals surface area (Å²) in [6, 6.07) is 13.5. The number of Topliss-reactive ketones (excluding diaryl/α,β-unsaturated/α-hetero) is 1. The molecule has 1 amide bonds. The number of rotatable bonds is 7. The number of nitrogens with zero attached hydrogens (tertiary/aromatic N) is 1. The van der Waals surface area contributed by atoms with E-state index >= 15 is 0 Å². The van der Waals surface area contributed by atoms with Crippen LogP contribution in [0.4, 0.5) is 11.4 Å². The van der Waals surface area contributed by atoms with E-state index in [-0.39, 0.29) is 12.3 Å². The number of carbonyl (C=O) groups is 2. The number of anilines is 2. The van der Waals surface area contributed by atoms with Crippen LogP contribution in [-0.2, 0) is 14.8 Å². The number of carbonyl (C=O) groups excluding carboxylic acids is 2. The lowest BCUT2D eigenvalue weighted by Gasteiger charge is -2.22. The Balaban J connectivity index is 2.22. The average molecular weight is 393 g/mol. The molecule has 138 valence electrons. The lowest BCUT2D eigenvalue weighted by Crippen LogP contribution is -2.37. The molecule has 0 atom stereocenters. The van der Waals surface area contributed by atoms with Crippen molar-refractivity contribution in [1.29, 1.82) is 0 Å². The van der Waals surface area contributed by atoms with Crippen LogP contribution in [0.25, 0.3) is 0 Å². The van der Waals surface area contributed by atoms with E-state index in [1.807, 2.05) is 12.3 Å². The van der Waals surface area contributed by atoms with Crippen LogP contribution in [0, 0.1) is 0 Å². The highest BCUT2D eigenvalue weighted by Gasteiger charge is 2.21. The molecular weight excluding hydrogens is 372 g/mol. The van der Waals surface area contributed by atoms with E-state index in [2.05, 4.69) is 5.32 Å². The van der Waals surface area contributed by atoms with Crippen LogP contribution < -0.4 is 9.62 Å². The van der Waals surface area contributed by atoms with Gasteiger partial charge in [0.25, 0.3) is 0 Å². The number of hydrogen-bond acceptors (Lipinski definition) is 5. The zero-order chi connectivity index (χ0) is 19.3. The molecule has 2 rings (SSSR count). The Morgan fingerprint density at radius 1 is 1.12 bits per heavy atom. The third-order valence-electron chi connectivity index (χ3n) is 3.58. The average Bonchev–Trinajstić information content (AvgIpc) is 2.59. The molecular formula is C18H20N2O4S2. The lowest BCUT2D eigenvalue weighted by molar-refractivity contribution is -0.114. The smallest absolute Gasteiger partial charge is 0.245 e. The second kappa shape index (κ2) is 8.37. The van der Waals surface area contributed by atoms with Crippen LogP contribution >= 0.6 is 11.8 Å². The normalized spacial score (nSPS) is 11.0. The minimum atomic E-state index is -3.64. The molecule has 0 aliphatic heterocycles. The maximum Gasteiger partial charge on any atom is 0.245 e. The van der Waals surface area contributed by atoms with Crippen molar-refractivity contribution in [2.45, 2.75) is 11.8 Å². The third kappa shape index (κ3) is 5.34. The molecule has 8 heteroatoms. The maximum absolute atomic E-state index is 12.4. The fraction of sp³-hybridized carbons (Fsp3) is 0.222. The number of ketones is 1. The van der Waals surface area contributed by atoms with Gasteiger partial charge in [-0.15, -0.1) is 11.8 Å². The summed E-state index contributed by atoms with van der Waals surface area (Å²) < 4.78 is 25.4. The molecule has 0 aliphatic carbocycles. The van der Waals surface area contributed by atoms with Gasteiger partial charge in [-0.1, -0.05) is 18.2 Å². The molecule has 0 fully saturated rings. The number of thioether (sulfide) groups is 1. The first-order valence-electron chi connectivity index (χ1n) is 7.73. The van der Waals surface area contributed by atoms with E-state index in [4.69, 9.17) is 0 Å². The maximum atomic E-state index is 12.4. The van der Waals surface area contributed by atoms with Crippen LogP contribution in [0.1, 0.15) is 17.3 Å². The quantitative estimate of drug-likeness (QED) is 0.578. The molecule has 0 heterocycles. The second-order valence-corrected chi connectivity index (χ2v) is 8.44. The summed E-state index contributed by atoms with van der Waals surface area (Å²) in [6.07, 6.45) is 2.95. The highest BCUT2D eigenvalue weighted by atomic mass is 32.2. The molecule has 0 spiro atoms. The topological polar surface area (TPSA) is 83.6 Å². The summed E-state index contributed by atoms with van der Waals surface area (Å²) in [5.41, 5.74) is 1.33. The van der Waals surface area contributed by atoms with Crippen molar-refractivity contribution in [3.8, 4) is 0 Å². The van der Waals surface area contributed by atoms with Crippen molar-refractivity contribution < 1.29 is 18.0 Å². The van der Waals surface area contributed by atoms with Gasteiger partial charge < -0.3 is 5.32 Å². The van der Waals surface area contributed by atoms with Gasteiger partial charge in [0.05, 0.1) is 11.9 Å². The van der Waals surface area contributed by atoms with E-state index in [1.54, 1.807) is 42.5 Å². The van der Waals surface area contributed by atoms with E-state index in [0.717, 1.165) is 15.5 Å². The summed E-state index contributed by atoms with van der Waals surface area (Å²) in [5.74, 6) is -0.613. The molecule has 2 aromatic rings. The van der Waals surface area contributed by atoms with Crippen molar-refractivity contribution in [3.63, 3.8) is 0 Å². The van der Waals surface area contributed by atoms with Gasteiger partial charge in [-0.25, -0.2) is 8.42 Å². The van der Waals surface area contributed by atoms with Gasteiger partial charge in [0.15, 0.2) is 5.78 Å². The number of amides is 1. The molecule has 2 aromatic carbocycles. The molecule has 0 saturated carbocycles. The first-order valence-corrected chi connectivity index (χ1v) is 10.8. The Bertz CT molecular complexity index is 926. The SMILES string of the molecule is CSc1cccc(N(CC(=O)Nc2cccc(C(C)=O)c2)S(C)(=O)=O)c1. The Morgan fingerprint density at radius 3 is 2.42 bits per heavy atom. The second-order valence-electron chi connectivity index (χ2n) is 5.66. The Labute approximate surface area is 157 Å². The molecule has 1 N–H and O–H groups in total. The first kappa shape index (κ1) is 20.0. The predicted octanol–water partition coefficient (Wildman–Crippen LogP) is 3.02. The highest BCUT2D eigenvalue weighted by molar-refractivity contribution is 7.98. The lowest BCUT2D eigenvalue weighted by atomic mass is 10.1. The standard InChI is InChI=1S/C18H20N2O4S2/c1-13(21)14-6-4-7-15(10-14)19-18(22)12-20(26(3,23)24)16-8-5-9-17(11-16)25-2/h4-11H,12H2,1-3H3,(H,19,22). The van der Waals surface area contributed by atoms with Crippen molar-refractivity contribution in [2.75, 3.05) is 28.7 Å². The number of hydrogen-bond donors (Lipinski definition) is 1. The number of benzene rings is 2.